The standard InChI is InChI=1S/C16H16N2O4/c1-11-8-13(17-22-11)10-21-16(20)12-4-2-5-14(9-12)18-7-3-6-15(18)19/h2,4-5,8-9H,3,6-7,10H2,1H3. The minimum Gasteiger partial charge on any atom is -0.455 e. The maximum absolute atomic E-state index is 12.1. The molecule has 2 aromatic rings. The molecule has 1 aromatic carbocycles. The summed E-state index contributed by atoms with van der Waals surface area (Å²) in [5.41, 5.74) is 1.71. The van der Waals surface area contributed by atoms with E-state index in [1.54, 1.807) is 36.1 Å². The lowest BCUT2D eigenvalue weighted by atomic mass is 10.2. The second-order valence-electron chi connectivity index (χ2n) is 5.20. The molecule has 22 heavy (non-hydrogen) atoms. The van der Waals surface area contributed by atoms with Gasteiger partial charge in [-0.15, -0.1) is 0 Å². The van der Waals surface area contributed by atoms with E-state index in [2.05, 4.69) is 5.16 Å². The average molecular weight is 300 g/mol. The molecule has 2 heterocycles. The van der Waals surface area contributed by atoms with Crippen molar-refractivity contribution in [1.82, 2.24) is 5.16 Å². The van der Waals surface area contributed by atoms with Crippen LogP contribution in [-0.2, 0) is 16.1 Å². The second kappa shape index (κ2) is 6.01. The molecule has 0 bridgehead atoms. The molecule has 0 radical (unpaired) electrons. The Kier molecular flexibility index (Phi) is 3.91. The van der Waals surface area contributed by atoms with E-state index >= 15 is 0 Å². The molecule has 6 heteroatoms. The van der Waals surface area contributed by atoms with Gasteiger partial charge in [0.2, 0.25) is 5.91 Å². The van der Waals surface area contributed by atoms with Gasteiger partial charge in [-0.2, -0.15) is 0 Å². The van der Waals surface area contributed by atoms with E-state index in [1.165, 1.54) is 0 Å². The third-order valence-electron chi connectivity index (χ3n) is 3.49. The van der Waals surface area contributed by atoms with E-state index < -0.39 is 5.97 Å². The van der Waals surface area contributed by atoms with Crippen molar-refractivity contribution in [3.05, 3.63) is 47.3 Å². The van der Waals surface area contributed by atoms with E-state index in [9.17, 15) is 9.59 Å². The number of anilines is 1. The van der Waals surface area contributed by atoms with Crippen molar-refractivity contribution >= 4 is 17.6 Å². The van der Waals surface area contributed by atoms with Gasteiger partial charge in [0.25, 0.3) is 0 Å². The monoisotopic (exact) mass is 300 g/mol. The largest absolute Gasteiger partial charge is 0.455 e. The summed E-state index contributed by atoms with van der Waals surface area (Å²) in [6, 6.07) is 8.63. The van der Waals surface area contributed by atoms with Crippen molar-refractivity contribution in [1.29, 1.82) is 0 Å². The van der Waals surface area contributed by atoms with E-state index in [0.29, 0.717) is 30.0 Å². The number of benzene rings is 1. The first-order chi connectivity index (χ1) is 10.6. The van der Waals surface area contributed by atoms with Gasteiger partial charge in [-0.1, -0.05) is 11.2 Å². The fraction of sp³-hybridized carbons (Fsp3) is 0.312. The quantitative estimate of drug-likeness (QED) is 0.811. The zero-order valence-electron chi connectivity index (χ0n) is 12.2. The van der Waals surface area contributed by atoms with Gasteiger partial charge in [0.15, 0.2) is 0 Å². The molecule has 1 aromatic heterocycles. The SMILES string of the molecule is Cc1cc(COC(=O)c2cccc(N3CCCC3=O)c2)no1. The number of hydrogen-bond acceptors (Lipinski definition) is 5. The lowest BCUT2D eigenvalue weighted by Crippen LogP contribution is -2.23. The molecule has 1 aliphatic rings. The number of aryl methyl sites for hydroxylation is 1. The number of hydrogen-bond donors (Lipinski definition) is 0. The highest BCUT2D eigenvalue weighted by molar-refractivity contribution is 5.97. The summed E-state index contributed by atoms with van der Waals surface area (Å²) in [6.07, 6.45) is 1.40. The molecule has 0 N–H and O–H groups in total. The predicted molar refractivity (Wildman–Crippen MR) is 78.4 cm³/mol. The van der Waals surface area contributed by atoms with E-state index in [1.807, 2.05) is 6.07 Å². The van der Waals surface area contributed by atoms with Gasteiger partial charge < -0.3 is 14.2 Å². The van der Waals surface area contributed by atoms with Gasteiger partial charge in [-0.25, -0.2) is 4.79 Å². The number of esters is 1. The van der Waals surface area contributed by atoms with Crippen molar-refractivity contribution in [3.63, 3.8) is 0 Å². The Morgan fingerprint density at radius 1 is 1.41 bits per heavy atom. The maximum atomic E-state index is 12.1. The Bertz CT molecular complexity index is 708. The van der Waals surface area contributed by atoms with Gasteiger partial charge in [-0.3, -0.25) is 4.79 Å². The third kappa shape index (κ3) is 3.00. The average Bonchev–Trinajstić information content (AvgIpc) is 3.13. The van der Waals surface area contributed by atoms with Crippen molar-refractivity contribution in [2.45, 2.75) is 26.4 Å². The first-order valence-corrected chi connectivity index (χ1v) is 7.13. The highest BCUT2D eigenvalue weighted by Gasteiger charge is 2.22. The third-order valence-corrected chi connectivity index (χ3v) is 3.49. The van der Waals surface area contributed by atoms with Crippen LogP contribution in [0, 0.1) is 6.92 Å². The van der Waals surface area contributed by atoms with E-state index in [4.69, 9.17) is 9.26 Å². The molecule has 6 nitrogen and oxygen atoms in total. The van der Waals surface area contributed by atoms with Gasteiger partial charge >= 0.3 is 5.97 Å². The summed E-state index contributed by atoms with van der Waals surface area (Å²) in [5, 5.41) is 3.77. The number of amides is 1. The highest BCUT2D eigenvalue weighted by Crippen LogP contribution is 2.22. The smallest absolute Gasteiger partial charge is 0.338 e. The number of carbonyl (C=O) groups is 2. The van der Waals surface area contributed by atoms with Crippen LogP contribution in [0.4, 0.5) is 5.69 Å². The molecule has 114 valence electrons. The van der Waals surface area contributed by atoms with Crippen molar-refractivity contribution in [2.75, 3.05) is 11.4 Å². The molecule has 0 unspecified atom stereocenters. The van der Waals surface area contributed by atoms with Crippen molar-refractivity contribution in [2.24, 2.45) is 0 Å². The van der Waals surface area contributed by atoms with Crippen LogP contribution >= 0.6 is 0 Å². The van der Waals surface area contributed by atoms with Crippen molar-refractivity contribution in [3.8, 4) is 0 Å². The van der Waals surface area contributed by atoms with Crippen LogP contribution < -0.4 is 4.90 Å². The molecule has 1 amide bonds. The summed E-state index contributed by atoms with van der Waals surface area (Å²) >= 11 is 0. The first kappa shape index (κ1) is 14.3. The normalized spacial score (nSPS) is 14.4. The molecule has 0 atom stereocenters. The molecular formula is C16H16N2O4. The van der Waals surface area contributed by atoms with E-state index in [0.717, 1.165) is 12.1 Å². The minimum atomic E-state index is -0.450. The van der Waals surface area contributed by atoms with Crippen molar-refractivity contribution < 1.29 is 18.8 Å². The summed E-state index contributed by atoms with van der Waals surface area (Å²) in [6.45, 7) is 2.52. The zero-order valence-corrected chi connectivity index (χ0v) is 12.2. The summed E-state index contributed by atoms with van der Waals surface area (Å²) in [4.78, 5) is 25.5. The van der Waals surface area contributed by atoms with Gasteiger partial charge in [0.1, 0.15) is 18.1 Å². The molecule has 3 rings (SSSR count). The number of nitrogens with zero attached hydrogens (tertiary/aromatic N) is 2. The van der Waals surface area contributed by atoms with Crippen LogP contribution in [0.5, 0.6) is 0 Å². The Labute approximate surface area is 127 Å². The fourth-order valence-electron chi connectivity index (χ4n) is 2.43. The summed E-state index contributed by atoms with van der Waals surface area (Å²) < 4.78 is 10.1. The zero-order chi connectivity index (χ0) is 15.5. The molecule has 1 aliphatic heterocycles. The Balaban J connectivity index is 1.68. The molecule has 0 saturated carbocycles. The number of rotatable bonds is 4. The minimum absolute atomic E-state index is 0.0586. The second-order valence-corrected chi connectivity index (χ2v) is 5.20. The van der Waals surface area contributed by atoms with Crippen LogP contribution in [0.1, 0.15) is 34.7 Å². The Hall–Kier alpha value is -2.63. The molecule has 0 spiro atoms. The fourth-order valence-corrected chi connectivity index (χ4v) is 2.43. The molecule has 1 fully saturated rings. The van der Waals surface area contributed by atoms with Crippen LogP contribution in [-0.4, -0.2) is 23.6 Å². The van der Waals surface area contributed by atoms with E-state index in [-0.39, 0.29) is 12.5 Å². The van der Waals surface area contributed by atoms with Gasteiger partial charge in [-0.05, 0) is 31.5 Å². The summed E-state index contributed by atoms with van der Waals surface area (Å²) in [5.74, 6) is 0.304. The number of ether oxygens (including phenoxy) is 1. The molecule has 1 saturated heterocycles. The number of aromatic nitrogens is 1. The van der Waals surface area contributed by atoms with Gasteiger partial charge in [0, 0.05) is 24.7 Å². The summed E-state index contributed by atoms with van der Waals surface area (Å²) in [7, 11) is 0. The van der Waals surface area contributed by atoms with Crippen LogP contribution in [0.25, 0.3) is 0 Å². The lowest BCUT2D eigenvalue weighted by molar-refractivity contribution is -0.117. The number of carbonyl (C=O) groups excluding carboxylic acids is 2. The molecular weight excluding hydrogens is 284 g/mol. The van der Waals surface area contributed by atoms with Crippen LogP contribution in [0.2, 0.25) is 0 Å². The predicted octanol–water partition coefficient (Wildman–Crippen LogP) is 2.47. The van der Waals surface area contributed by atoms with Crippen LogP contribution in [0.3, 0.4) is 0 Å². The lowest BCUT2D eigenvalue weighted by Gasteiger charge is -2.16. The van der Waals surface area contributed by atoms with Crippen LogP contribution in [0.15, 0.2) is 34.9 Å². The topological polar surface area (TPSA) is 72.6 Å². The Morgan fingerprint density at radius 3 is 2.95 bits per heavy atom. The first-order valence-electron chi connectivity index (χ1n) is 7.13. The highest BCUT2D eigenvalue weighted by atomic mass is 16.5. The Morgan fingerprint density at radius 2 is 2.27 bits per heavy atom. The van der Waals surface area contributed by atoms with Gasteiger partial charge in [0.05, 0.1) is 5.56 Å². The molecule has 0 aliphatic carbocycles. The maximum Gasteiger partial charge on any atom is 0.338 e.